The van der Waals surface area contributed by atoms with E-state index in [1.54, 1.807) is 22.3 Å². The van der Waals surface area contributed by atoms with E-state index in [1.807, 2.05) is 0 Å². The Morgan fingerprint density at radius 2 is 0.963 bits per heavy atom. The second kappa shape index (κ2) is 7.65. The Hall–Kier alpha value is -0.0506. The van der Waals surface area contributed by atoms with E-state index < -0.39 is 0 Å². The maximum absolute atomic E-state index is 2.48. The van der Waals surface area contributed by atoms with Crippen molar-refractivity contribution in [3.8, 4) is 0 Å². The van der Waals surface area contributed by atoms with Crippen molar-refractivity contribution in [1.29, 1.82) is 0 Å². The summed E-state index contributed by atoms with van der Waals surface area (Å²) >= 11 is 0. The van der Waals surface area contributed by atoms with Crippen molar-refractivity contribution in [3.05, 3.63) is 70.8 Å². The fraction of sp³-hybridized carbons (Fsp3) is 0.500. The van der Waals surface area contributed by atoms with Crippen LogP contribution in [0.4, 0.5) is 0 Å². The number of hydrogen-bond donors (Lipinski definition) is 0. The minimum absolute atomic E-state index is 0. The summed E-state index contributed by atoms with van der Waals surface area (Å²) < 4.78 is 0. The Morgan fingerprint density at radius 3 is 1.30 bits per heavy atom. The molecule has 0 saturated carbocycles. The predicted octanol–water partition coefficient (Wildman–Crippen LogP) is 8.05. The summed E-state index contributed by atoms with van der Waals surface area (Å²) in [5, 5.41) is 0.797. The van der Waals surface area contributed by atoms with Crippen LogP contribution in [0, 0.1) is 0 Å². The number of rotatable bonds is 1. The molecule has 0 spiro atoms. The van der Waals surface area contributed by atoms with Gasteiger partial charge in [0.05, 0.1) is 0 Å². The Labute approximate surface area is 181 Å². The molecule has 0 aromatic heterocycles. The van der Waals surface area contributed by atoms with Crippen LogP contribution in [0.3, 0.4) is 0 Å². The molecule has 0 bridgehead atoms. The summed E-state index contributed by atoms with van der Waals surface area (Å²) in [6.45, 7) is 14.9. The zero-order chi connectivity index (χ0) is 18.7. The topological polar surface area (TPSA) is 0 Å². The van der Waals surface area contributed by atoms with E-state index in [9.17, 15) is 0 Å². The van der Waals surface area contributed by atoms with Gasteiger partial charge in [-0.1, -0.05) is 106 Å². The van der Waals surface area contributed by atoms with Crippen LogP contribution >= 0.6 is 15.8 Å². The van der Waals surface area contributed by atoms with Gasteiger partial charge in [-0.05, 0) is 44.9 Å². The molecule has 0 radical (unpaired) electrons. The summed E-state index contributed by atoms with van der Waals surface area (Å²) in [6, 6.07) is 18.7. The quantitative estimate of drug-likeness (QED) is 0.302. The Morgan fingerprint density at radius 1 is 0.630 bits per heavy atom. The van der Waals surface area contributed by atoms with E-state index in [2.05, 4.69) is 90.1 Å². The minimum atomic E-state index is -0.0695. The molecule has 27 heavy (non-hydrogen) atoms. The van der Waals surface area contributed by atoms with Crippen molar-refractivity contribution in [2.75, 3.05) is 0 Å². The van der Waals surface area contributed by atoms with E-state index in [-0.39, 0.29) is 35.9 Å². The van der Waals surface area contributed by atoms with Gasteiger partial charge in [-0.3, -0.25) is 0 Å². The zero-order valence-corrected chi connectivity index (χ0v) is 21.6. The maximum atomic E-state index is 2.48. The van der Waals surface area contributed by atoms with Crippen LogP contribution in [0.25, 0.3) is 0 Å². The second-order valence-electron chi connectivity index (χ2n) is 9.88. The average Bonchev–Trinajstić information content (AvgIpc) is 3.12. The van der Waals surface area contributed by atoms with Gasteiger partial charge in [-0.15, -0.1) is 0 Å². The van der Waals surface area contributed by atoms with Gasteiger partial charge >= 0.3 is 20.1 Å². The number of benzene rings is 2. The largest absolute Gasteiger partial charge is 3.00 e. The molecule has 144 valence electrons. The van der Waals surface area contributed by atoms with Crippen molar-refractivity contribution < 1.29 is 20.1 Å². The summed E-state index contributed by atoms with van der Waals surface area (Å²) in [5.74, 6) is 0. The molecule has 2 aliphatic heterocycles. The molecule has 2 heterocycles. The third-order valence-corrected chi connectivity index (χ3v) is 13.7. The Bertz CT molecular complexity index is 746. The number of hydrogen-bond acceptors (Lipinski definition) is 0. The first-order chi connectivity index (χ1) is 12.2. The summed E-state index contributed by atoms with van der Waals surface area (Å²) in [5.41, 5.74) is 8.07. The third kappa shape index (κ3) is 3.88. The van der Waals surface area contributed by atoms with Crippen molar-refractivity contribution >= 4 is 15.8 Å². The molecule has 0 amide bonds. The van der Waals surface area contributed by atoms with Gasteiger partial charge in [0.2, 0.25) is 0 Å². The fourth-order valence-electron chi connectivity index (χ4n) is 4.82. The SMILES string of the molecule is CC(C)(C)P1Cc2ccccc2C1C1c2ccccc2CP1C(C)(C)C.[Ir+3]. The Balaban J connectivity index is 0.00000210. The first kappa shape index (κ1) is 21.7. The molecule has 4 rings (SSSR count). The molecule has 4 atom stereocenters. The van der Waals surface area contributed by atoms with Gasteiger partial charge in [0.25, 0.3) is 0 Å². The van der Waals surface area contributed by atoms with Crippen LogP contribution in [0.5, 0.6) is 0 Å². The monoisotopic (exact) mass is 575 g/mol. The summed E-state index contributed by atoms with van der Waals surface area (Å²) in [7, 11) is -0.139. The predicted molar refractivity (Wildman–Crippen MR) is 119 cm³/mol. The smallest absolute Gasteiger partial charge is 0.0880 e. The average molecular weight is 575 g/mol. The fourth-order valence-corrected chi connectivity index (χ4v) is 12.3. The van der Waals surface area contributed by atoms with Gasteiger partial charge in [-0.2, -0.15) is 0 Å². The molecule has 0 N–H and O–H groups in total. The van der Waals surface area contributed by atoms with Crippen LogP contribution in [0.15, 0.2) is 48.5 Å². The standard InChI is InChI=1S/C24H32P2.Ir/c1-23(2,3)25-15-17-11-7-9-13-19(17)21(25)22-20-14-10-8-12-18(20)16-26(22)24(4,5)6;/h7-14,21-22H,15-16H2,1-6H3;/q;+3. The van der Waals surface area contributed by atoms with Crippen molar-refractivity contribution in [2.45, 2.75) is 75.5 Å². The summed E-state index contributed by atoms with van der Waals surface area (Å²) in [4.78, 5) is 0. The molecule has 3 heteroatoms. The van der Waals surface area contributed by atoms with E-state index in [1.165, 1.54) is 12.3 Å². The number of fused-ring (bicyclic) bond motifs is 2. The molecule has 2 aliphatic rings. The van der Waals surface area contributed by atoms with Gasteiger partial charge in [0.15, 0.2) is 0 Å². The van der Waals surface area contributed by atoms with Crippen LogP contribution in [-0.4, -0.2) is 10.3 Å². The van der Waals surface area contributed by atoms with Gasteiger partial charge in [-0.25, -0.2) is 0 Å². The zero-order valence-electron chi connectivity index (χ0n) is 17.4. The molecule has 2 aromatic carbocycles. The first-order valence-electron chi connectivity index (χ1n) is 9.87. The van der Waals surface area contributed by atoms with Crippen molar-refractivity contribution in [2.24, 2.45) is 0 Å². The van der Waals surface area contributed by atoms with E-state index in [0.717, 1.165) is 11.3 Å². The van der Waals surface area contributed by atoms with Crippen LogP contribution < -0.4 is 0 Å². The van der Waals surface area contributed by atoms with Crippen molar-refractivity contribution in [3.63, 3.8) is 0 Å². The van der Waals surface area contributed by atoms with Crippen LogP contribution in [0.2, 0.25) is 0 Å². The molecule has 4 unspecified atom stereocenters. The summed E-state index contributed by atoms with van der Waals surface area (Å²) in [6.07, 6.45) is 2.62. The molecular weight excluding hydrogens is 542 g/mol. The van der Waals surface area contributed by atoms with Gasteiger partial charge in [0, 0.05) is 11.3 Å². The van der Waals surface area contributed by atoms with Crippen LogP contribution in [0.1, 0.15) is 75.1 Å². The van der Waals surface area contributed by atoms with Gasteiger partial charge < -0.3 is 0 Å². The third-order valence-electron chi connectivity index (χ3n) is 6.12. The molecule has 0 nitrogen and oxygen atoms in total. The van der Waals surface area contributed by atoms with E-state index in [4.69, 9.17) is 0 Å². The first-order valence-corrected chi connectivity index (χ1v) is 13.1. The van der Waals surface area contributed by atoms with E-state index >= 15 is 0 Å². The normalized spacial score (nSPS) is 27.0. The van der Waals surface area contributed by atoms with E-state index in [0.29, 0.717) is 10.3 Å². The molecule has 0 saturated heterocycles. The molecule has 0 aliphatic carbocycles. The van der Waals surface area contributed by atoms with Crippen LogP contribution in [-0.2, 0) is 32.4 Å². The molecular formula is C24H32IrP2+3. The minimum Gasteiger partial charge on any atom is -0.0880 e. The van der Waals surface area contributed by atoms with Gasteiger partial charge in [0.1, 0.15) is 0 Å². The van der Waals surface area contributed by atoms with Crippen molar-refractivity contribution in [1.82, 2.24) is 0 Å². The molecule has 2 aromatic rings. The Kier molecular flexibility index (Phi) is 6.14. The molecule has 0 fully saturated rings. The maximum Gasteiger partial charge on any atom is 3.00 e. The second-order valence-corrected chi connectivity index (χ2v) is 16.2.